The van der Waals surface area contributed by atoms with Crippen LogP contribution in [0.3, 0.4) is 0 Å². The van der Waals surface area contributed by atoms with Crippen LogP contribution in [0, 0.1) is 5.92 Å². The summed E-state index contributed by atoms with van der Waals surface area (Å²) in [6.07, 6.45) is 8.51. The van der Waals surface area contributed by atoms with Gasteiger partial charge in [-0.05, 0) is 47.2 Å². The summed E-state index contributed by atoms with van der Waals surface area (Å²) in [7, 11) is 0. The van der Waals surface area contributed by atoms with E-state index in [-0.39, 0.29) is 12.7 Å². The van der Waals surface area contributed by atoms with Crippen LogP contribution in [0.2, 0.25) is 0 Å². The van der Waals surface area contributed by atoms with E-state index in [0.717, 1.165) is 57.7 Å². The third kappa shape index (κ3) is 8.20. The van der Waals surface area contributed by atoms with E-state index in [4.69, 9.17) is 9.15 Å². The molecule has 0 amide bonds. The number of carbonyl (C=O) groups excluding carboxylic acids is 1. The Kier molecular flexibility index (Phi) is 11.3. The first-order chi connectivity index (χ1) is 21.6. The maximum atomic E-state index is 12.9. The molecule has 0 saturated carbocycles. The fourth-order valence-corrected chi connectivity index (χ4v) is 6.25. The molecule has 234 valence electrons. The van der Waals surface area contributed by atoms with Gasteiger partial charge < -0.3 is 14.1 Å². The van der Waals surface area contributed by atoms with E-state index in [0.29, 0.717) is 23.4 Å². The molecule has 1 aromatic heterocycles. The summed E-state index contributed by atoms with van der Waals surface area (Å²) < 4.78 is 12.8. The fourth-order valence-electron chi connectivity index (χ4n) is 6.25. The molecule has 1 unspecified atom stereocenters. The number of rotatable bonds is 15. The molecule has 3 aromatic carbocycles. The summed E-state index contributed by atoms with van der Waals surface area (Å²) in [5, 5.41) is 0. The van der Waals surface area contributed by atoms with Gasteiger partial charge in [0.2, 0.25) is 0 Å². The summed E-state index contributed by atoms with van der Waals surface area (Å²) in [5.41, 5.74) is 5.89. The molecule has 0 bridgehead atoms. The van der Waals surface area contributed by atoms with Crippen LogP contribution in [0.5, 0.6) is 0 Å². The molecule has 1 saturated heterocycles. The molecule has 4 aromatic rings. The number of carbonyl (C=O) groups is 1. The Morgan fingerprint density at radius 3 is 2.39 bits per heavy atom. The zero-order valence-electron chi connectivity index (χ0n) is 26.4. The molecule has 1 aliphatic heterocycles. The predicted molar refractivity (Wildman–Crippen MR) is 178 cm³/mol. The summed E-state index contributed by atoms with van der Waals surface area (Å²) in [4.78, 5) is 30.3. The molecule has 0 radical (unpaired) electrons. The Hall–Kier alpha value is -3.84. The van der Waals surface area contributed by atoms with E-state index in [1.165, 1.54) is 46.9 Å². The number of nitrogens with zero attached hydrogens (tertiary/aromatic N) is 3. The van der Waals surface area contributed by atoms with Crippen LogP contribution in [0.1, 0.15) is 70.8 Å². The molecular weight excluding hydrogens is 550 g/mol. The largest absolute Gasteiger partial charge is 0.444 e. The Morgan fingerprint density at radius 2 is 1.61 bits per heavy atom. The van der Waals surface area contributed by atoms with Crippen LogP contribution in [0.15, 0.2) is 82.0 Å². The molecule has 7 nitrogen and oxygen atoms in total. The topological polar surface area (TPSA) is 67.9 Å². The predicted octanol–water partition coefficient (Wildman–Crippen LogP) is 7.86. The first kappa shape index (κ1) is 31.6. The summed E-state index contributed by atoms with van der Waals surface area (Å²) >= 11 is 0. The van der Waals surface area contributed by atoms with E-state index >= 15 is 0 Å². The molecule has 1 atom stereocenters. The van der Waals surface area contributed by atoms with E-state index in [1.807, 2.05) is 24.3 Å². The van der Waals surface area contributed by atoms with Gasteiger partial charge in [-0.2, -0.15) is 0 Å². The molecule has 1 aliphatic rings. The van der Waals surface area contributed by atoms with Gasteiger partial charge >= 0.3 is 11.7 Å². The lowest BCUT2D eigenvalue weighted by molar-refractivity contribution is -0.148. The van der Waals surface area contributed by atoms with Crippen LogP contribution in [0.25, 0.3) is 22.2 Å². The maximum Gasteiger partial charge on any atom is 0.422 e. The summed E-state index contributed by atoms with van der Waals surface area (Å²) in [6.45, 7) is 8.59. The highest BCUT2D eigenvalue weighted by Gasteiger charge is 2.23. The van der Waals surface area contributed by atoms with E-state index < -0.39 is 5.76 Å². The Bertz CT molecular complexity index is 1540. The lowest BCUT2D eigenvalue weighted by Gasteiger charge is -2.36. The second kappa shape index (κ2) is 15.8. The summed E-state index contributed by atoms with van der Waals surface area (Å²) in [6, 6.07) is 25.1. The Balaban J connectivity index is 1.16. The number of para-hydroxylation sites is 1. The average molecular weight is 598 g/mol. The minimum Gasteiger partial charge on any atom is -0.444 e. The normalized spacial score (nSPS) is 14.6. The molecule has 0 N–H and O–H groups in total. The van der Waals surface area contributed by atoms with Gasteiger partial charge in [0.25, 0.3) is 0 Å². The van der Waals surface area contributed by atoms with Crippen molar-refractivity contribution in [2.75, 3.05) is 31.1 Å². The van der Waals surface area contributed by atoms with E-state index in [9.17, 15) is 9.59 Å². The molecule has 0 aliphatic carbocycles. The highest BCUT2D eigenvalue weighted by atomic mass is 16.5. The second-order valence-corrected chi connectivity index (χ2v) is 12.1. The second-order valence-electron chi connectivity index (χ2n) is 12.1. The SMILES string of the molecule is CCCCCCCC(CC)CC(=O)OCn1c(=O)oc2c(N3CCN(Cc4cccc(-c5ccccc5)c4)CC3)cccc21. The standard InChI is InChI=1S/C37H47N3O4/c1-3-5-6-7-9-14-29(4-2)26-35(41)43-28-40-34-20-13-19-33(36(34)44-37(40)42)39-23-21-38(22-24-39)27-30-15-12-18-32(25-30)31-16-10-8-11-17-31/h8,10-13,15-20,25,29H,3-7,9,14,21-24,26-28H2,1-2H3. The molecule has 7 heteroatoms. The first-order valence-corrected chi connectivity index (χ1v) is 16.4. The number of aromatic nitrogens is 1. The number of benzene rings is 3. The van der Waals surface area contributed by atoms with Gasteiger partial charge in [-0.25, -0.2) is 9.36 Å². The number of oxazole rings is 1. The van der Waals surface area contributed by atoms with Crippen LogP contribution in [0.4, 0.5) is 5.69 Å². The minimum atomic E-state index is -0.500. The third-order valence-electron chi connectivity index (χ3n) is 8.93. The van der Waals surface area contributed by atoms with Gasteiger partial charge in [0.05, 0.1) is 11.2 Å². The van der Waals surface area contributed by atoms with Gasteiger partial charge in [-0.15, -0.1) is 0 Å². The lowest BCUT2D eigenvalue weighted by Crippen LogP contribution is -2.46. The number of hydrogen-bond donors (Lipinski definition) is 0. The smallest absolute Gasteiger partial charge is 0.422 e. The average Bonchev–Trinajstić information content (AvgIpc) is 3.38. The van der Waals surface area contributed by atoms with Crippen molar-refractivity contribution in [2.24, 2.45) is 5.92 Å². The zero-order chi connectivity index (χ0) is 30.7. The Morgan fingerprint density at radius 1 is 0.864 bits per heavy atom. The van der Waals surface area contributed by atoms with Crippen molar-refractivity contribution in [1.29, 1.82) is 0 Å². The van der Waals surface area contributed by atoms with Gasteiger partial charge in [0.1, 0.15) is 0 Å². The molecule has 2 heterocycles. The van der Waals surface area contributed by atoms with E-state index in [1.54, 1.807) is 0 Å². The number of ether oxygens (including phenoxy) is 1. The van der Waals surface area contributed by atoms with Crippen molar-refractivity contribution in [2.45, 2.75) is 78.5 Å². The number of hydrogen-bond acceptors (Lipinski definition) is 6. The third-order valence-corrected chi connectivity index (χ3v) is 8.93. The van der Waals surface area contributed by atoms with Crippen LogP contribution in [-0.2, 0) is 22.8 Å². The number of anilines is 1. The van der Waals surface area contributed by atoms with Crippen molar-refractivity contribution in [3.8, 4) is 11.1 Å². The number of esters is 1. The molecule has 5 rings (SSSR count). The highest BCUT2D eigenvalue weighted by Crippen LogP contribution is 2.28. The van der Waals surface area contributed by atoms with Crippen LogP contribution < -0.4 is 10.7 Å². The minimum absolute atomic E-state index is 0.128. The van der Waals surface area contributed by atoms with Gasteiger partial charge in [-0.3, -0.25) is 9.69 Å². The van der Waals surface area contributed by atoms with Crippen LogP contribution in [-0.4, -0.2) is 41.6 Å². The fraction of sp³-hybridized carbons (Fsp3) is 0.459. The number of fused-ring (bicyclic) bond motifs is 1. The van der Waals surface area contributed by atoms with Crippen molar-refractivity contribution < 1.29 is 13.9 Å². The zero-order valence-corrected chi connectivity index (χ0v) is 26.4. The molecule has 1 fully saturated rings. The van der Waals surface area contributed by atoms with Crippen molar-refractivity contribution >= 4 is 22.8 Å². The molecule has 44 heavy (non-hydrogen) atoms. The van der Waals surface area contributed by atoms with Gasteiger partial charge in [0.15, 0.2) is 12.3 Å². The monoisotopic (exact) mass is 597 g/mol. The van der Waals surface area contributed by atoms with E-state index in [2.05, 4.69) is 72.2 Å². The van der Waals surface area contributed by atoms with Crippen LogP contribution >= 0.6 is 0 Å². The number of unbranched alkanes of at least 4 members (excludes halogenated alkanes) is 4. The Labute approximate surface area is 261 Å². The van der Waals surface area contributed by atoms with Crippen molar-refractivity contribution in [1.82, 2.24) is 9.47 Å². The van der Waals surface area contributed by atoms with Gasteiger partial charge in [0, 0.05) is 39.1 Å². The first-order valence-electron chi connectivity index (χ1n) is 16.4. The molecule has 0 spiro atoms. The molecular formula is C37H47N3O4. The van der Waals surface area contributed by atoms with Crippen molar-refractivity contribution in [3.05, 3.63) is 88.9 Å². The maximum absolute atomic E-state index is 12.9. The quantitative estimate of drug-likeness (QED) is 0.103. The lowest BCUT2D eigenvalue weighted by atomic mass is 9.95. The summed E-state index contributed by atoms with van der Waals surface area (Å²) in [5.74, 6) is -0.437. The number of piperazine rings is 1. The van der Waals surface area contributed by atoms with Gasteiger partial charge in [-0.1, -0.05) is 107 Å². The van der Waals surface area contributed by atoms with Crippen molar-refractivity contribution in [3.63, 3.8) is 0 Å². The highest BCUT2D eigenvalue weighted by molar-refractivity contribution is 5.87.